The highest BCUT2D eigenvalue weighted by molar-refractivity contribution is 6.34. The normalized spacial score (nSPS) is 12.0. The monoisotopic (exact) mass is 576 g/mol. The molecule has 0 aliphatic rings. The molecular weight excluding hydrogens is 559 g/mol. The van der Waals surface area contributed by atoms with Crippen LogP contribution < -0.4 is 10.1 Å². The summed E-state index contributed by atoms with van der Waals surface area (Å²) < 4.78 is 15.3. The van der Waals surface area contributed by atoms with Gasteiger partial charge in [-0.3, -0.25) is 14.9 Å². The van der Waals surface area contributed by atoms with Crippen molar-refractivity contribution in [2.24, 2.45) is 0 Å². The summed E-state index contributed by atoms with van der Waals surface area (Å²) in [5, 5.41) is 23.2. The lowest BCUT2D eigenvalue weighted by Gasteiger charge is -2.24. The van der Waals surface area contributed by atoms with Gasteiger partial charge < -0.3 is 24.6 Å². The second-order valence-corrected chi connectivity index (χ2v) is 8.40. The number of carbonyl (C=O) groups excluding carboxylic acids is 3. The molecule has 2 N–H and O–H groups in total. The van der Waals surface area contributed by atoms with Gasteiger partial charge in [-0.25, -0.2) is 14.4 Å². The number of anilines is 1. The third-order valence-electron chi connectivity index (χ3n) is 5.08. The molecule has 3 rings (SSSR count). The van der Waals surface area contributed by atoms with Crippen LogP contribution in [0.25, 0.3) is 0 Å². The first kappa shape index (κ1) is 28.9. The van der Waals surface area contributed by atoms with Crippen LogP contribution in [-0.2, 0) is 19.1 Å². The summed E-state index contributed by atoms with van der Waals surface area (Å²) >= 11 is 12.0. The maximum atomic E-state index is 13.3. The Balaban J connectivity index is 2.02. The molecule has 0 spiro atoms. The van der Waals surface area contributed by atoms with Crippen molar-refractivity contribution in [1.82, 2.24) is 0 Å². The van der Waals surface area contributed by atoms with Crippen molar-refractivity contribution in [3.63, 3.8) is 0 Å². The van der Waals surface area contributed by atoms with E-state index in [1.807, 2.05) is 0 Å². The molecule has 0 saturated heterocycles. The molecular formula is C25H18Cl2N2O10. The first-order valence-corrected chi connectivity index (χ1v) is 11.6. The van der Waals surface area contributed by atoms with Crippen LogP contribution >= 0.6 is 23.2 Å². The lowest BCUT2D eigenvalue weighted by atomic mass is 10.1. The Labute approximate surface area is 230 Å². The summed E-state index contributed by atoms with van der Waals surface area (Å²) in [6.45, 7) is 0. The van der Waals surface area contributed by atoms with E-state index in [9.17, 15) is 34.4 Å². The summed E-state index contributed by atoms with van der Waals surface area (Å²) in [4.78, 5) is 61.6. The van der Waals surface area contributed by atoms with Gasteiger partial charge in [0.2, 0.25) is 12.2 Å². The number of carboxylic acid groups (broad SMARTS) is 1. The van der Waals surface area contributed by atoms with Crippen molar-refractivity contribution < 1.29 is 43.4 Å². The number of aliphatic carboxylic acids is 1. The smallest absolute Gasteiger partial charge is 0.349 e. The van der Waals surface area contributed by atoms with Gasteiger partial charge in [0.15, 0.2) is 0 Å². The lowest BCUT2D eigenvalue weighted by molar-refractivity contribution is -0.384. The van der Waals surface area contributed by atoms with Crippen molar-refractivity contribution in [2.45, 2.75) is 12.2 Å². The number of rotatable bonds is 10. The number of hydrogen-bond donors (Lipinski definition) is 2. The summed E-state index contributed by atoms with van der Waals surface area (Å²) in [5.74, 6) is -5.65. The SMILES string of the molecule is COc1ccc([N+](=O)[O-])cc1NC(=O)[C@@H](OC(=O)c1ccccc1Cl)[C@@H](OC(=O)c1ccccc1Cl)C(=O)O. The number of nitro groups is 1. The van der Waals surface area contributed by atoms with E-state index in [2.05, 4.69) is 5.32 Å². The number of benzene rings is 3. The zero-order valence-corrected chi connectivity index (χ0v) is 21.3. The molecule has 14 heteroatoms. The first-order valence-electron chi connectivity index (χ1n) is 10.8. The zero-order valence-electron chi connectivity index (χ0n) is 19.8. The second-order valence-electron chi connectivity index (χ2n) is 7.58. The zero-order chi connectivity index (χ0) is 28.7. The molecule has 1 amide bonds. The molecule has 0 radical (unpaired) electrons. The molecule has 0 bridgehead atoms. The molecule has 0 aliphatic carbocycles. The number of ether oxygens (including phenoxy) is 3. The summed E-state index contributed by atoms with van der Waals surface area (Å²) in [7, 11) is 1.22. The van der Waals surface area contributed by atoms with Crippen LogP contribution in [0.5, 0.6) is 5.75 Å². The van der Waals surface area contributed by atoms with Gasteiger partial charge in [-0.15, -0.1) is 0 Å². The van der Waals surface area contributed by atoms with Crippen LogP contribution in [0.15, 0.2) is 66.7 Å². The highest BCUT2D eigenvalue weighted by Gasteiger charge is 2.41. The fourth-order valence-corrected chi connectivity index (χ4v) is 3.64. The fraction of sp³-hybridized carbons (Fsp3) is 0.120. The number of esters is 2. The number of halogens is 2. The van der Waals surface area contributed by atoms with Crippen LogP contribution in [0.3, 0.4) is 0 Å². The Morgan fingerprint density at radius 3 is 1.85 bits per heavy atom. The van der Waals surface area contributed by atoms with Crippen molar-refractivity contribution >= 4 is 58.4 Å². The van der Waals surface area contributed by atoms with E-state index in [-0.39, 0.29) is 32.6 Å². The summed E-state index contributed by atoms with van der Waals surface area (Å²) in [6.07, 6.45) is -4.69. The molecule has 12 nitrogen and oxygen atoms in total. The Kier molecular flexibility index (Phi) is 9.42. The second kappa shape index (κ2) is 12.7. The highest BCUT2D eigenvalue weighted by Crippen LogP contribution is 2.30. The molecule has 39 heavy (non-hydrogen) atoms. The van der Waals surface area contributed by atoms with E-state index in [1.165, 1.54) is 61.7 Å². The third kappa shape index (κ3) is 7.00. The molecule has 0 heterocycles. The largest absolute Gasteiger partial charge is 0.495 e. The number of non-ortho nitro benzene ring substituents is 1. The van der Waals surface area contributed by atoms with E-state index in [0.29, 0.717) is 0 Å². The number of carboxylic acids is 1. The van der Waals surface area contributed by atoms with Gasteiger partial charge in [0, 0.05) is 12.1 Å². The molecule has 0 unspecified atom stereocenters. The average molecular weight is 577 g/mol. The third-order valence-corrected chi connectivity index (χ3v) is 5.74. The number of methoxy groups -OCH3 is 1. The van der Waals surface area contributed by atoms with Crippen LogP contribution in [-0.4, -0.2) is 53.2 Å². The fourth-order valence-electron chi connectivity index (χ4n) is 3.22. The van der Waals surface area contributed by atoms with Gasteiger partial charge >= 0.3 is 17.9 Å². The van der Waals surface area contributed by atoms with Crippen LogP contribution in [0.4, 0.5) is 11.4 Å². The van der Waals surface area contributed by atoms with Crippen molar-refractivity contribution in [1.29, 1.82) is 0 Å². The van der Waals surface area contributed by atoms with Crippen molar-refractivity contribution in [3.05, 3.63) is 98.0 Å². The van der Waals surface area contributed by atoms with Crippen LogP contribution in [0, 0.1) is 10.1 Å². The quantitative estimate of drug-likeness (QED) is 0.200. The van der Waals surface area contributed by atoms with Gasteiger partial charge in [0.1, 0.15) is 5.75 Å². The number of amides is 1. The Morgan fingerprint density at radius 2 is 1.38 bits per heavy atom. The standard InChI is InChI=1S/C25H18Cl2N2O10/c1-37-19-11-10-13(29(35)36)12-18(19)28-22(30)20(38-24(33)14-6-2-4-8-16(14)26)21(23(31)32)39-25(34)15-7-3-5-9-17(15)27/h2-12,20-21H,1H3,(H,28,30)(H,31,32)/t20-,21+/m0/s1. The van der Waals surface area contributed by atoms with E-state index in [1.54, 1.807) is 0 Å². The first-order chi connectivity index (χ1) is 18.5. The maximum Gasteiger partial charge on any atom is 0.349 e. The minimum absolute atomic E-state index is 0.0370. The molecule has 3 aromatic rings. The minimum Gasteiger partial charge on any atom is -0.495 e. The van der Waals surface area contributed by atoms with Crippen LogP contribution in [0.1, 0.15) is 20.7 Å². The predicted molar refractivity (Wildman–Crippen MR) is 137 cm³/mol. The number of nitrogens with one attached hydrogen (secondary N) is 1. The molecule has 0 saturated carbocycles. The van der Waals surface area contributed by atoms with Gasteiger partial charge in [-0.05, 0) is 30.3 Å². The Morgan fingerprint density at radius 1 is 0.872 bits per heavy atom. The Bertz CT molecular complexity index is 1450. The molecule has 0 aliphatic heterocycles. The Hall–Kier alpha value is -4.68. The number of hydrogen-bond acceptors (Lipinski definition) is 9. The number of nitrogens with zero attached hydrogens (tertiary/aromatic N) is 1. The summed E-state index contributed by atoms with van der Waals surface area (Å²) in [5.41, 5.74) is -1.12. The minimum atomic E-state index is -2.38. The number of carbonyl (C=O) groups is 4. The van der Waals surface area contributed by atoms with Gasteiger partial charge in [-0.2, -0.15) is 0 Å². The summed E-state index contributed by atoms with van der Waals surface area (Å²) in [6, 6.07) is 14.4. The van der Waals surface area contributed by atoms with Crippen LogP contribution in [0.2, 0.25) is 10.0 Å². The van der Waals surface area contributed by atoms with E-state index in [4.69, 9.17) is 37.4 Å². The molecule has 202 valence electrons. The molecule has 0 fully saturated rings. The van der Waals surface area contributed by atoms with Gasteiger partial charge in [0.05, 0.1) is 38.9 Å². The van der Waals surface area contributed by atoms with E-state index in [0.717, 1.165) is 12.1 Å². The average Bonchev–Trinajstić information content (AvgIpc) is 2.90. The van der Waals surface area contributed by atoms with E-state index >= 15 is 0 Å². The number of nitro benzene ring substituents is 1. The highest BCUT2D eigenvalue weighted by atomic mass is 35.5. The van der Waals surface area contributed by atoms with Crippen molar-refractivity contribution in [2.75, 3.05) is 12.4 Å². The molecule has 3 aromatic carbocycles. The van der Waals surface area contributed by atoms with Gasteiger partial charge in [-0.1, -0.05) is 47.5 Å². The maximum absolute atomic E-state index is 13.3. The molecule has 2 atom stereocenters. The van der Waals surface area contributed by atoms with Gasteiger partial charge in [0.25, 0.3) is 11.6 Å². The lowest BCUT2D eigenvalue weighted by Crippen LogP contribution is -2.48. The van der Waals surface area contributed by atoms with E-state index < -0.39 is 46.6 Å². The van der Waals surface area contributed by atoms with Crippen molar-refractivity contribution in [3.8, 4) is 5.75 Å². The topological polar surface area (TPSA) is 171 Å². The molecule has 0 aromatic heterocycles. The predicted octanol–water partition coefficient (Wildman–Crippen LogP) is 4.38.